The van der Waals surface area contributed by atoms with Crippen LogP contribution in [0, 0.1) is 0 Å². The normalized spacial score (nSPS) is 15.0. The highest BCUT2D eigenvalue weighted by Gasteiger charge is 2.32. The second-order valence-corrected chi connectivity index (χ2v) is 24.8. The molecule has 6 nitrogen and oxygen atoms in total. The molecule has 0 aliphatic carbocycles. The van der Waals surface area contributed by atoms with Gasteiger partial charge in [0, 0.05) is 81.3 Å². The van der Waals surface area contributed by atoms with Crippen LogP contribution in [0.5, 0.6) is 0 Å². The summed E-state index contributed by atoms with van der Waals surface area (Å²) in [5.74, 6) is 2.53. The van der Waals surface area contributed by atoms with E-state index in [0.717, 1.165) is 43.0 Å². The second kappa shape index (κ2) is 21.7. The number of fused-ring (bicyclic) bond motifs is 2. The van der Waals surface area contributed by atoms with Crippen LogP contribution in [-0.4, -0.2) is 81.0 Å². The van der Waals surface area contributed by atoms with E-state index in [-0.39, 0.29) is 12.6 Å². The molecule has 0 radical (unpaired) electrons. The van der Waals surface area contributed by atoms with Gasteiger partial charge in [0.15, 0.2) is 12.6 Å². The molecular weight excluding hydrogens is 765 g/mol. The van der Waals surface area contributed by atoms with Gasteiger partial charge in [0.25, 0.3) is 0 Å². The van der Waals surface area contributed by atoms with Gasteiger partial charge < -0.3 is 18.9 Å². The van der Waals surface area contributed by atoms with Gasteiger partial charge in [0.1, 0.15) is 0 Å². The van der Waals surface area contributed by atoms with Crippen molar-refractivity contribution in [3.05, 3.63) is 58.5 Å². The summed E-state index contributed by atoms with van der Waals surface area (Å²) in [4.78, 5) is 10.1. The zero-order chi connectivity index (χ0) is 32.7. The van der Waals surface area contributed by atoms with Crippen molar-refractivity contribution >= 4 is 124 Å². The number of hydrogen-bond acceptors (Lipinski definition) is 14. The molecule has 4 rings (SSSR count). The maximum Gasteiger partial charge on any atom is 0.157 e. The number of aromatic nitrogens is 2. The van der Waals surface area contributed by atoms with Crippen molar-refractivity contribution in [2.75, 3.05) is 37.9 Å². The summed E-state index contributed by atoms with van der Waals surface area (Å²) in [5, 5.41) is 2.38. The summed E-state index contributed by atoms with van der Waals surface area (Å²) < 4.78 is 26.7. The fraction of sp³-hybridized carbons (Fsp3) is 0.533. The Kier molecular flexibility index (Phi) is 18.6. The van der Waals surface area contributed by atoms with Gasteiger partial charge in [0.2, 0.25) is 0 Å². The Morgan fingerprint density at radius 3 is 1.30 bits per heavy atom. The van der Waals surface area contributed by atoms with Gasteiger partial charge in [-0.15, -0.1) is 22.7 Å². The molecule has 0 saturated heterocycles. The topological polar surface area (TPSA) is 62.7 Å². The van der Waals surface area contributed by atoms with E-state index in [0.29, 0.717) is 49.3 Å². The van der Waals surface area contributed by atoms with Crippen LogP contribution in [0.25, 0.3) is 20.4 Å². The second-order valence-electron chi connectivity index (χ2n) is 10.4. The lowest BCUT2D eigenvalue weighted by molar-refractivity contribution is -0.140. The average Bonchev–Trinajstić information content (AvgIpc) is 3.69. The smallest absolute Gasteiger partial charge is 0.157 e. The molecular formula is C30H44N2O4S8Si2. The number of ether oxygens (including phenoxy) is 4. The standard InChI is InChI=1S/C30H44N2O4S8Si2/c1-5-33-29(34-6-2)25(45)19(27-31-21-13-9-11-15-23(21)39-27)17-37-41-43-44-42-38-18-20(26(46)30(35-7-3)36-8-4)28-32-22-14-10-12-16-24(22)40-28/h9-16,19-20,25-26,29-30H,5-8,17-18H2,1-4,45-46H3. The van der Waals surface area contributed by atoms with Gasteiger partial charge in [-0.2, -0.15) is 0 Å². The molecule has 0 amide bonds. The van der Waals surface area contributed by atoms with Gasteiger partial charge in [0.05, 0.1) is 30.4 Å². The van der Waals surface area contributed by atoms with Crippen LogP contribution in [0.15, 0.2) is 48.5 Å². The van der Waals surface area contributed by atoms with Gasteiger partial charge in [-0.25, -0.2) is 9.97 Å². The molecule has 0 fully saturated rings. The highest BCUT2D eigenvalue weighted by molar-refractivity contribution is 9.41. The van der Waals surface area contributed by atoms with Crippen molar-refractivity contribution < 1.29 is 18.9 Å². The third-order valence-electron chi connectivity index (χ3n) is 7.38. The summed E-state index contributed by atoms with van der Waals surface area (Å²) in [6, 6.07) is 16.9. The largest absolute Gasteiger partial charge is 0.353 e. The van der Waals surface area contributed by atoms with Gasteiger partial charge in [-0.1, -0.05) is 45.9 Å². The van der Waals surface area contributed by atoms with Crippen LogP contribution >= 0.6 is 83.6 Å². The molecule has 4 unspecified atom stereocenters. The maximum atomic E-state index is 6.06. The molecule has 2 aromatic carbocycles. The zero-order valence-electron chi connectivity index (χ0n) is 27.1. The Morgan fingerprint density at radius 1 is 0.587 bits per heavy atom. The van der Waals surface area contributed by atoms with Crippen molar-refractivity contribution in [1.29, 1.82) is 0 Å². The molecule has 0 aliphatic rings. The van der Waals surface area contributed by atoms with Crippen LogP contribution < -0.4 is 0 Å². The fourth-order valence-corrected chi connectivity index (χ4v) is 22.8. The summed E-state index contributed by atoms with van der Waals surface area (Å²) in [6.45, 7) is 10.8. The van der Waals surface area contributed by atoms with Crippen LogP contribution in [0.1, 0.15) is 49.5 Å². The fourth-order valence-electron chi connectivity index (χ4n) is 5.00. The highest BCUT2D eigenvalue weighted by Crippen LogP contribution is 2.55. The number of rotatable bonds is 23. The van der Waals surface area contributed by atoms with E-state index in [2.05, 4.69) is 48.5 Å². The molecule has 254 valence electrons. The van der Waals surface area contributed by atoms with Crippen molar-refractivity contribution in [1.82, 2.24) is 9.97 Å². The molecule has 0 aliphatic heterocycles. The highest BCUT2D eigenvalue weighted by atomic mass is 33.9. The van der Waals surface area contributed by atoms with Gasteiger partial charge in [-0.3, -0.25) is 0 Å². The van der Waals surface area contributed by atoms with Crippen molar-refractivity contribution in [3.63, 3.8) is 0 Å². The molecule has 0 N–H and O–H groups in total. The lowest BCUT2D eigenvalue weighted by Crippen LogP contribution is -2.29. The third kappa shape index (κ3) is 11.6. The van der Waals surface area contributed by atoms with Crippen molar-refractivity contribution in [2.45, 2.75) is 63.2 Å². The summed E-state index contributed by atoms with van der Waals surface area (Å²) in [7, 11) is 13.1. The van der Waals surface area contributed by atoms with Crippen LogP contribution in [-0.2, 0) is 18.9 Å². The predicted octanol–water partition coefficient (Wildman–Crippen LogP) is 8.85. The van der Waals surface area contributed by atoms with E-state index in [9.17, 15) is 0 Å². The molecule has 2 heterocycles. The number of hydrogen-bond donors (Lipinski definition) is 0. The minimum Gasteiger partial charge on any atom is -0.353 e. The number of thiazole rings is 2. The summed E-state index contributed by atoms with van der Waals surface area (Å²) in [5.41, 5.74) is 2.80. The van der Waals surface area contributed by atoms with E-state index in [1.54, 1.807) is 0 Å². The summed E-state index contributed by atoms with van der Waals surface area (Å²) >= 11 is 3.63. The Labute approximate surface area is 310 Å². The van der Waals surface area contributed by atoms with E-state index >= 15 is 0 Å². The predicted molar refractivity (Wildman–Crippen MR) is 221 cm³/mol. The van der Waals surface area contributed by atoms with Crippen molar-refractivity contribution in [2.24, 2.45) is 0 Å². The third-order valence-corrected chi connectivity index (χ3v) is 23.4. The Hall–Kier alpha value is 0.594. The minimum absolute atomic E-state index is 0.183. The monoisotopic (exact) mass is 808 g/mol. The molecule has 46 heavy (non-hydrogen) atoms. The molecule has 2 aromatic heterocycles. The SMILES string of the molecule is CCOC(OCC)C([SiH3])C(CSSSSSSCC(c1nc2ccccc2s1)C([SiH3])C(OCC)OCC)c1nc2ccccc2s1. The molecule has 4 atom stereocenters. The summed E-state index contributed by atoms with van der Waals surface area (Å²) in [6.07, 6.45) is -0.366. The van der Waals surface area contributed by atoms with E-state index in [4.69, 9.17) is 28.9 Å². The number of para-hydroxylation sites is 2. The average molecular weight is 809 g/mol. The van der Waals surface area contributed by atoms with Crippen LogP contribution in [0.2, 0.25) is 11.1 Å². The Morgan fingerprint density at radius 2 is 0.957 bits per heavy atom. The molecule has 0 saturated carbocycles. The number of nitrogens with zero attached hydrogens (tertiary/aromatic N) is 2. The van der Waals surface area contributed by atoms with E-state index < -0.39 is 0 Å². The Balaban J connectivity index is 1.31. The van der Waals surface area contributed by atoms with E-state index in [1.807, 2.05) is 111 Å². The van der Waals surface area contributed by atoms with Gasteiger partial charge in [-0.05, 0) is 91.3 Å². The first-order chi connectivity index (χ1) is 22.5. The lowest BCUT2D eigenvalue weighted by atomic mass is 10.1. The molecule has 0 spiro atoms. The first kappa shape index (κ1) is 39.4. The van der Waals surface area contributed by atoms with Gasteiger partial charge >= 0.3 is 0 Å². The van der Waals surface area contributed by atoms with Crippen molar-refractivity contribution in [3.8, 4) is 0 Å². The zero-order valence-corrected chi connectivity index (χ0v) is 37.7. The lowest BCUT2D eigenvalue weighted by Gasteiger charge is -2.29. The Bertz CT molecular complexity index is 1250. The molecule has 0 bridgehead atoms. The maximum absolute atomic E-state index is 6.06. The minimum atomic E-state index is -0.183. The van der Waals surface area contributed by atoms with E-state index in [1.165, 1.54) is 19.4 Å². The van der Waals surface area contributed by atoms with Crippen LogP contribution in [0.4, 0.5) is 0 Å². The first-order valence-corrected chi connectivity index (χ1v) is 27.3. The molecule has 16 heteroatoms. The first-order valence-electron chi connectivity index (χ1n) is 15.6. The molecule has 4 aromatic rings. The number of benzene rings is 2. The van der Waals surface area contributed by atoms with Crippen LogP contribution in [0.3, 0.4) is 0 Å². The quantitative estimate of drug-likeness (QED) is 0.0312.